The first-order valence-electron chi connectivity index (χ1n) is 9.51. The third kappa shape index (κ3) is 4.57. The highest BCUT2D eigenvalue weighted by Gasteiger charge is 2.20. The molecule has 6 heteroatoms. The predicted octanol–water partition coefficient (Wildman–Crippen LogP) is 3.11. The second kappa shape index (κ2) is 9.46. The molecule has 0 aromatic heterocycles. The number of carbonyl (C=O) groups is 1. The van der Waals surface area contributed by atoms with Crippen LogP contribution in [0, 0.1) is 0 Å². The highest BCUT2D eigenvalue weighted by Crippen LogP contribution is 2.29. The molecule has 0 bridgehead atoms. The number of Topliss-reactive ketones (excluding diaryl/α,β-unsaturated/α-hetero) is 1. The average molecular weight is 384 g/mol. The fourth-order valence-corrected chi connectivity index (χ4v) is 3.52. The van der Waals surface area contributed by atoms with Crippen LogP contribution in [0.1, 0.15) is 16.8 Å². The molecule has 1 heterocycles. The topological polar surface area (TPSA) is 51.2 Å². The van der Waals surface area contributed by atoms with E-state index in [0.29, 0.717) is 23.5 Å². The first-order valence-corrected chi connectivity index (χ1v) is 9.51. The summed E-state index contributed by atoms with van der Waals surface area (Å²) >= 11 is 0. The van der Waals surface area contributed by atoms with Gasteiger partial charge in [0.25, 0.3) is 0 Å². The summed E-state index contributed by atoms with van der Waals surface area (Å²) in [6.07, 6.45) is 0.490. The Kier molecular flexibility index (Phi) is 6.76. The van der Waals surface area contributed by atoms with Gasteiger partial charge in [0.05, 0.1) is 27.0 Å². The molecule has 0 unspecified atom stereocenters. The van der Waals surface area contributed by atoms with Crippen molar-refractivity contribution in [2.24, 2.45) is 0 Å². The van der Waals surface area contributed by atoms with Gasteiger partial charge in [-0.2, -0.15) is 0 Å². The number of ketones is 1. The zero-order valence-electron chi connectivity index (χ0n) is 16.8. The third-order valence-corrected chi connectivity index (χ3v) is 5.16. The highest BCUT2D eigenvalue weighted by molar-refractivity contribution is 5.96. The third-order valence-electron chi connectivity index (χ3n) is 5.16. The highest BCUT2D eigenvalue weighted by atomic mass is 16.5. The fourth-order valence-electron chi connectivity index (χ4n) is 3.52. The summed E-state index contributed by atoms with van der Waals surface area (Å²) in [4.78, 5) is 17.3. The van der Waals surface area contributed by atoms with Crippen LogP contribution >= 0.6 is 0 Å². The molecule has 6 nitrogen and oxygen atoms in total. The number of ether oxygens (including phenoxy) is 3. The van der Waals surface area contributed by atoms with Gasteiger partial charge in [0, 0.05) is 44.7 Å². The number of rotatable bonds is 8. The molecular formula is C22H28N2O4. The first kappa shape index (κ1) is 20.0. The molecule has 0 atom stereocenters. The van der Waals surface area contributed by atoms with Crippen molar-refractivity contribution in [3.63, 3.8) is 0 Å². The first-order chi connectivity index (χ1) is 13.7. The lowest BCUT2D eigenvalue weighted by atomic mass is 10.1. The monoisotopic (exact) mass is 384 g/mol. The van der Waals surface area contributed by atoms with Crippen LogP contribution in [0.3, 0.4) is 0 Å². The lowest BCUT2D eigenvalue weighted by Gasteiger charge is -2.36. The maximum atomic E-state index is 12.6. The Morgan fingerprint density at radius 1 is 0.857 bits per heavy atom. The zero-order valence-corrected chi connectivity index (χ0v) is 16.8. The maximum Gasteiger partial charge on any atom is 0.164 e. The Morgan fingerprint density at radius 3 is 2.21 bits per heavy atom. The molecule has 0 N–H and O–H groups in total. The minimum absolute atomic E-state index is 0.119. The SMILES string of the molecule is COc1ccc(C(=O)CCN2CCN(c3ccccc3OC)CC2)cc1OC. The molecular weight excluding hydrogens is 356 g/mol. The lowest BCUT2D eigenvalue weighted by Crippen LogP contribution is -2.47. The summed E-state index contributed by atoms with van der Waals surface area (Å²) in [5, 5.41) is 0. The largest absolute Gasteiger partial charge is 0.495 e. The molecule has 0 aliphatic carbocycles. The number of carbonyl (C=O) groups excluding carboxylic acids is 1. The van der Waals surface area contributed by atoms with Crippen LogP contribution in [-0.4, -0.2) is 64.7 Å². The summed E-state index contributed by atoms with van der Waals surface area (Å²) < 4.78 is 16.0. The summed E-state index contributed by atoms with van der Waals surface area (Å²) in [5.41, 5.74) is 1.79. The molecule has 0 saturated carbocycles. The van der Waals surface area contributed by atoms with Crippen molar-refractivity contribution in [1.82, 2.24) is 4.90 Å². The number of hydrogen-bond donors (Lipinski definition) is 0. The quantitative estimate of drug-likeness (QED) is 0.652. The Balaban J connectivity index is 1.52. The Morgan fingerprint density at radius 2 is 1.54 bits per heavy atom. The van der Waals surface area contributed by atoms with Gasteiger partial charge in [0.15, 0.2) is 17.3 Å². The normalized spacial score (nSPS) is 14.6. The number of hydrogen-bond acceptors (Lipinski definition) is 6. The molecule has 0 radical (unpaired) electrons. The van der Waals surface area contributed by atoms with E-state index in [0.717, 1.165) is 44.2 Å². The van der Waals surface area contributed by atoms with Gasteiger partial charge < -0.3 is 19.1 Å². The van der Waals surface area contributed by atoms with Gasteiger partial charge in [0.2, 0.25) is 0 Å². The minimum atomic E-state index is 0.119. The van der Waals surface area contributed by atoms with Gasteiger partial charge in [0.1, 0.15) is 5.75 Å². The molecule has 2 aromatic carbocycles. The summed E-state index contributed by atoms with van der Waals surface area (Å²) in [5.74, 6) is 2.23. The molecule has 150 valence electrons. The summed E-state index contributed by atoms with van der Waals surface area (Å²) in [6, 6.07) is 13.4. The van der Waals surface area contributed by atoms with E-state index in [9.17, 15) is 4.79 Å². The molecule has 3 rings (SSSR count). The summed E-state index contributed by atoms with van der Waals surface area (Å²) in [6.45, 7) is 4.46. The van der Waals surface area contributed by atoms with Gasteiger partial charge >= 0.3 is 0 Å². The van der Waals surface area contributed by atoms with Gasteiger partial charge in [-0.05, 0) is 30.3 Å². The molecule has 2 aromatic rings. The fraction of sp³-hybridized carbons (Fsp3) is 0.409. The van der Waals surface area contributed by atoms with Crippen molar-refractivity contribution in [2.75, 3.05) is 59.0 Å². The molecule has 28 heavy (non-hydrogen) atoms. The molecule has 1 aliphatic rings. The Labute approximate surface area is 166 Å². The van der Waals surface area contributed by atoms with Crippen LogP contribution < -0.4 is 19.1 Å². The van der Waals surface area contributed by atoms with Gasteiger partial charge in [-0.15, -0.1) is 0 Å². The average Bonchev–Trinajstić information content (AvgIpc) is 2.77. The Bertz CT molecular complexity index is 801. The van der Waals surface area contributed by atoms with Crippen molar-refractivity contribution in [3.8, 4) is 17.2 Å². The number of benzene rings is 2. The number of methoxy groups -OCH3 is 3. The van der Waals surface area contributed by atoms with E-state index in [2.05, 4.69) is 15.9 Å². The van der Waals surface area contributed by atoms with E-state index in [4.69, 9.17) is 14.2 Å². The van der Waals surface area contributed by atoms with Crippen LogP contribution in [-0.2, 0) is 0 Å². The molecule has 0 spiro atoms. The number of anilines is 1. The van der Waals surface area contributed by atoms with Crippen LogP contribution in [0.25, 0.3) is 0 Å². The lowest BCUT2D eigenvalue weighted by molar-refractivity contribution is 0.0962. The van der Waals surface area contributed by atoms with Crippen molar-refractivity contribution in [1.29, 1.82) is 0 Å². The maximum absolute atomic E-state index is 12.6. The van der Waals surface area contributed by atoms with E-state index in [-0.39, 0.29) is 5.78 Å². The Hall–Kier alpha value is -2.73. The molecule has 0 amide bonds. The zero-order chi connectivity index (χ0) is 19.9. The van der Waals surface area contributed by atoms with Crippen molar-refractivity contribution in [3.05, 3.63) is 48.0 Å². The second-order valence-electron chi connectivity index (χ2n) is 6.74. The standard InChI is InChI=1S/C22H28N2O4/c1-26-20-7-5-4-6-18(20)24-14-12-23(13-15-24)11-10-19(25)17-8-9-21(27-2)22(16-17)28-3/h4-9,16H,10-15H2,1-3H3. The number of para-hydroxylation sites is 2. The molecule has 1 saturated heterocycles. The van der Waals surface area contributed by atoms with E-state index in [1.165, 1.54) is 0 Å². The van der Waals surface area contributed by atoms with E-state index in [1.54, 1.807) is 39.5 Å². The summed E-state index contributed by atoms with van der Waals surface area (Å²) in [7, 11) is 4.87. The molecule has 1 aliphatic heterocycles. The van der Waals surface area contributed by atoms with E-state index >= 15 is 0 Å². The van der Waals surface area contributed by atoms with E-state index < -0.39 is 0 Å². The van der Waals surface area contributed by atoms with Crippen molar-refractivity contribution >= 4 is 11.5 Å². The second-order valence-corrected chi connectivity index (χ2v) is 6.74. The van der Waals surface area contributed by atoms with Gasteiger partial charge in [-0.1, -0.05) is 12.1 Å². The minimum Gasteiger partial charge on any atom is -0.495 e. The van der Waals surface area contributed by atoms with Crippen LogP contribution in [0.5, 0.6) is 17.2 Å². The van der Waals surface area contributed by atoms with Crippen molar-refractivity contribution < 1.29 is 19.0 Å². The van der Waals surface area contributed by atoms with Crippen LogP contribution in [0.15, 0.2) is 42.5 Å². The van der Waals surface area contributed by atoms with Crippen molar-refractivity contribution in [2.45, 2.75) is 6.42 Å². The van der Waals surface area contributed by atoms with Crippen LogP contribution in [0.2, 0.25) is 0 Å². The smallest absolute Gasteiger partial charge is 0.164 e. The number of piperazine rings is 1. The van der Waals surface area contributed by atoms with E-state index in [1.807, 2.05) is 18.2 Å². The molecule has 1 fully saturated rings. The predicted molar refractivity (Wildman–Crippen MR) is 110 cm³/mol. The van der Waals surface area contributed by atoms with Gasteiger partial charge in [-0.3, -0.25) is 9.69 Å². The van der Waals surface area contributed by atoms with Gasteiger partial charge in [-0.25, -0.2) is 0 Å². The number of nitrogens with zero attached hydrogens (tertiary/aromatic N) is 2. The van der Waals surface area contributed by atoms with Crippen LogP contribution in [0.4, 0.5) is 5.69 Å².